The number of ether oxygens (including phenoxy) is 1. The molecule has 2 saturated heterocycles. The predicted octanol–water partition coefficient (Wildman–Crippen LogP) is 3.62. The summed E-state index contributed by atoms with van der Waals surface area (Å²) in [5.41, 5.74) is 1.13. The van der Waals surface area contributed by atoms with E-state index in [4.69, 9.17) is 4.74 Å². The Morgan fingerprint density at radius 3 is 2.52 bits per heavy atom. The molecule has 1 aromatic carbocycles. The molecule has 1 aromatic heterocycles. The fraction of sp³-hybridized carbons (Fsp3) is 0.429. The molecule has 1 amide bonds. The van der Waals surface area contributed by atoms with E-state index in [9.17, 15) is 4.79 Å². The molecule has 25 heavy (non-hydrogen) atoms. The molecule has 2 unspecified atom stereocenters. The fourth-order valence-corrected chi connectivity index (χ4v) is 4.25. The van der Waals surface area contributed by atoms with Crippen LogP contribution in [-0.4, -0.2) is 34.0 Å². The summed E-state index contributed by atoms with van der Waals surface area (Å²) < 4.78 is 6.15. The van der Waals surface area contributed by atoms with Gasteiger partial charge in [-0.2, -0.15) is 0 Å². The van der Waals surface area contributed by atoms with Crippen molar-refractivity contribution >= 4 is 5.91 Å². The van der Waals surface area contributed by atoms with Crippen molar-refractivity contribution in [1.82, 2.24) is 9.88 Å². The summed E-state index contributed by atoms with van der Waals surface area (Å²) in [4.78, 5) is 19.0. The minimum atomic E-state index is 0.224. The van der Waals surface area contributed by atoms with Crippen molar-refractivity contribution in [3.63, 3.8) is 0 Å². The van der Waals surface area contributed by atoms with E-state index in [1.165, 1.54) is 0 Å². The molecule has 0 radical (unpaired) electrons. The van der Waals surface area contributed by atoms with Gasteiger partial charge < -0.3 is 9.64 Å². The molecule has 4 rings (SSSR count). The van der Waals surface area contributed by atoms with Gasteiger partial charge in [0.2, 0.25) is 5.91 Å². The van der Waals surface area contributed by atoms with E-state index in [0.717, 1.165) is 43.4 Å². The van der Waals surface area contributed by atoms with Crippen LogP contribution in [0.15, 0.2) is 54.9 Å². The zero-order valence-electron chi connectivity index (χ0n) is 14.4. The molecule has 2 aromatic rings. The molecule has 0 N–H and O–H groups in total. The topological polar surface area (TPSA) is 42.4 Å². The lowest BCUT2D eigenvalue weighted by Gasteiger charge is -2.39. The maximum atomic E-state index is 12.8. The first-order valence-electron chi connectivity index (χ1n) is 9.21. The van der Waals surface area contributed by atoms with E-state index in [1.54, 1.807) is 6.20 Å². The van der Waals surface area contributed by atoms with Gasteiger partial charge in [0.25, 0.3) is 0 Å². The maximum Gasteiger partial charge on any atom is 0.223 e. The number of fused-ring (bicyclic) bond motifs is 2. The second-order valence-corrected chi connectivity index (χ2v) is 7.07. The summed E-state index contributed by atoms with van der Waals surface area (Å²) in [5.74, 6) is 1.22. The number of piperidine rings is 1. The minimum Gasteiger partial charge on any atom is -0.490 e. The Balaban J connectivity index is 1.34. The van der Waals surface area contributed by atoms with Gasteiger partial charge in [0.05, 0.1) is 0 Å². The van der Waals surface area contributed by atoms with Gasteiger partial charge in [-0.15, -0.1) is 0 Å². The lowest BCUT2D eigenvalue weighted by Crippen LogP contribution is -2.49. The van der Waals surface area contributed by atoms with E-state index in [0.29, 0.717) is 18.5 Å². The second kappa shape index (κ2) is 7.26. The van der Waals surface area contributed by atoms with E-state index < -0.39 is 0 Å². The molecule has 4 nitrogen and oxygen atoms in total. The van der Waals surface area contributed by atoms with Gasteiger partial charge in [-0.1, -0.05) is 24.3 Å². The SMILES string of the molecule is O=C(CCc1cccnc1)N1C2CCC1CC(Oc1ccccc1)C2. The van der Waals surface area contributed by atoms with Crippen LogP contribution in [0.5, 0.6) is 5.75 Å². The molecule has 0 spiro atoms. The molecule has 2 aliphatic rings. The van der Waals surface area contributed by atoms with Gasteiger partial charge >= 0.3 is 0 Å². The van der Waals surface area contributed by atoms with Gasteiger partial charge in [0.1, 0.15) is 11.9 Å². The van der Waals surface area contributed by atoms with Crippen molar-refractivity contribution in [3.05, 3.63) is 60.4 Å². The van der Waals surface area contributed by atoms with Crippen molar-refractivity contribution in [2.75, 3.05) is 0 Å². The van der Waals surface area contributed by atoms with Crippen molar-refractivity contribution in [2.24, 2.45) is 0 Å². The van der Waals surface area contributed by atoms with Crippen molar-refractivity contribution in [1.29, 1.82) is 0 Å². The normalized spacial score (nSPS) is 25.0. The minimum absolute atomic E-state index is 0.224. The van der Waals surface area contributed by atoms with Crippen molar-refractivity contribution in [3.8, 4) is 5.75 Å². The third kappa shape index (κ3) is 3.68. The van der Waals surface area contributed by atoms with Crippen LogP contribution in [0.1, 0.15) is 37.7 Å². The van der Waals surface area contributed by atoms with Crippen LogP contribution >= 0.6 is 0 Å². The quantitative estimate of drug-likeness (QED) is 0.837. The summed E-state index contributed by atoms with van der Waals surface area (Å²) in [6, 6.07) is 14.7. The number of aryl methyl sites for hydroxylation is 1. The number of amides is 1. The summed E-state index contributed by atoms with van der Waals surface area (Å²) >= 11 is 0. The molecule has 2 bridgehead atoms. The molecule has 4 heteroatoms. The first-order chi connectivity index (χ1) is 12.3. The molecule has 2 atom stereocenters. The lowest BCUT2D eigenvalue weighted by atomic mass is 9.98. The van der Waals surface area contributed by atoms with Gasteiger partial charge in [-0.05, 0) is 43.0 Å². The number of hydrogen-bond donors (Lipinski definition) is 0. The third-order valence-electron chi connectivity index (χ3n) is 5.37. The number of pyridine rings is 1. The lowest BCUT2D eigenvalue weighted by molar-refractivity contribution is -0.137. The largest absolute Gasteiger partial charge is 0.490 e. The van der Waals surface area contributed by atoms with Crippen LogP contribution in [0.2, 0.25) is 0 Å². The number of rotatable bonds is 5. The highest BCUT2D eigenvalue weighted by molar-refractivity contribution is 5.77. The van der Waals surface area contributed by atoms with E-state index >= 15 is 0 Å². The Morgan fingerprint density at radius 1 is 1.08 bits per heavy atom. The molecule has 0 aliphatic carbocycles. The number of carbonyl (C=O) groups excluding carboxylic acids is 1. The van der Waals surface area contributed by atoms with Crippen molar-refractivity contribution < 1.29 is 9.53 Å². The summed E-state index contributed by atoms with van der Waals surface area (Å²) in [6.07, 6.45) is 9.30. The van der Waals surface area contributed by atoms with Gasteiger partial charge in [0, 0.05) is 43.7 Å². The number of para-hydroxylation sites is 1. The van der Waals surface area contributed by atoms with Crippen LogP contribution in [0, 0.1) is 0 Å². The average Bonchev–Trinajstić information content (AvgIpc) is 2.92. The van der Waals surface area contributed by atoms with E-state index in [2.05, 4.69) is 9.88 Å². The van der Waals surface area contributed by atoms with E-state index in [-0.39, 0.29) is 12.0 Å². The van der Waals surface area contributed by atoms with E-state index in [1.807, 2.05) is 48.7 Å². The van der Waals surface area contributed by atoms with Crippen molar-refractivity contribution in [2.45, 2.75) is 56.7 Å². The highest BCUT2D eigenvalue weighted by atomic mass is 16.5. The highest BCUT2D eigenvalue weighted by Gasteiger charge is 2.43. The number of aromatic nitrogens is 1. The molecule has 130 valence electrons. The summed E-state index contributed by atoms with van der Waals surface area (Å²) in [6.45, 7) is 0. The predicted molar refractivity (Wildman–Crippen MR) is 96.3 cm³/mol. The Hall–Kier alpha value is -2.36. The number of carbonyl (C=O) groups is 1. The van der Waals surface area contributed by atoms with Crippen LogP contribution in [-0.2, 0) is 11.2 Å². The van der Waals surface area contributed by atoms with Gasteiger partial charge in [-0.25, -0.2) is 0 Å². The van der Waals surface area contributed by atoms with Crippen LogP contribution in [0.4, 0.5) is 0 Å². The molecule has 2 aliphatic heterocycles. The standard InChI is InChI=1S/C21H24N2O2/c24-21(11-8-16-5-4-12-22-15-16)23-17-9-10-18(23)14-20(13-17)25-19-6-2-1-3-7-19/h1-7,12,15,17-18,20H,8-11,13-14H2. The van der Waals surface area contributed by atoms with Crippen LogP contribution < -0.4 is 4.74 Å². The van der Waals surface area contributed by atoms with Crippen LogP contribution in [0.3, 0.4) is 0 Å². The number of benzene rings is 1. The van der Waals surface area contributed by atoms with Gasteiger partial charge in [0.15, 0.2) is 0 Å². The molecule has 3 heterocycles. The molecule has 2 fully saturated rings. The summed E-state index contributed by atoms with van der Waals surface area (Å²) in [5, 5.41) is 0. The maximum absolute atomic E-state index is 12.8. The zero-order valence-corrected chi connectivity index (χ0v) is 14.4. The Morgan fingerprint density at radius 2 is 1.84 bits per heavy atom. The smallest absolute Gasteiger partial charge is 0.223 e. The Kier molecular flexibility index (Phi) is 4.68. The Bertz CT molecular complexity index is 690. The molecule has 0 saturated carbocycles. The highest BCUT2D eigenvalue weighted by Crippen LogP contribution is 2.37. The Labute approximate surface area is 148 Å². The second-order valence-electron chi connectivity index (χ2n) is 7.07. The van der Waals surface area contributed by atoms with Crippen LogP contribution in [0.25, 0.3) is 0 Å². The number of hydrogen-bond acceptors (Lipinski definition) is 3. The first-order valence-corrected chi connectivity index (χ1v) is 9.21. The molecular weight excluding hydrogens is 312 g/mol. The van der Waals surface area contributed by atoms with Gasteiger partial charge in [-0.3, -0.25) is 9.78 Å². The zero-order chi connectivity index (χ0) is 17.1. The molecular formula is C21H24N2O2. The monoisotopic (exact) mass is 336 g/mol. The average molecular weight is 336 g/mol. The third-order valence-corrected chi connectivity index (χ3v) is 5.37. The fourth-order valence-electron chi connectivity index (χ4n) is 4.25. The number of nitrogens with zero attached hydrogens (tertiary/aromatic N) is 2. The first kappa shape index (κ1) is 16.1. The summed E-state index contributed by atoms with van der Waals surface area (Å²) in [7, 11) is 0.